The van der Waals surface area contributed by atoms with Crippen LogP contribution in [0.15, 0.2) is 28.8 Å². The van der Waals surface area contributed by atoms with Crippen LogP contribution < -0.4 is 10.5 Å². The molecule has 0 aliphatic rings. The molecule has 0 bridgehead atoms. The Balaban J connectivity index is 1.83. The van der Waals surface area contributed by atoms with E-state index in [1.165, 1.54) is 0 Å². The second-order valence-electron chi connectivity index (χ2n) is 9.14. The van der Waals surface area contributed by atoms with E-state index >= 15 is 0 Å². The van der Waals surface area contributed by atoms with Gasteiger partial charge in [0.25, 0.3) is 5.89 Å². The number of primary amides is 1. The third kappa shape index (κ3) is 6.47. The van der Waals surface area contributed by atoms with E-state index in [0.29, 0.717) is 35.5 Å². The van der Waals surface area contributed by atoms with Crippen molar-refractivity contribution < 1.29 is 24.3 Å². The number of hydrogen-bond acceptors (Lipinski definition) is 8. The third-order valence-electron chi connectivity index (χ3n) is 6.27. The summed E-state index contributed by atoms with van der Waals surface area (Å²) in [5.74, 6) is 0.953. The molecule has 3 rings (SSSR count). The predicted molar refractivity (Wildman–Crippen MR) is 136 cm³/mol. The van der Waals surface area contributed by atoms with Gasteiger partial charge >= 0.3 is 0 Å². The van der Waals surface area contributed by atoms with Gasteiger partial charge in [-0.3, -0.25) is 4.79 Å². The Morgan fingerprint density at radius 1 is 1.08 bits per heavy atom. The van der Waals surface area contributed by atoms with Gasteiger partial charge in [-0.2, -0.15) is 4.98 Å². The lowest BCUT2D eigenvalue weighted by molar-refractivity contribution is -0.127. The van der Waals surface area contributed by atoms with Crippen LogP contribution in [0.5, 0.6) is 5.75 Å². The number of aromatic nitrogens is 3. The molecule has 9 nitrogen and oxygen atoms in total. The molecular formula is C27H36N4O5. The molecule has 2 heterocycles. The highest BCUT2D eigenvalue weighted by Crippen LogP contribution is 2.32. The molecule has 194 valence electrons. The predicted octanol–water partition coefficient (Wildman–Crippen LogP) is 3.86. The Kier molecular flexibility index (Phi) is 9.17. The van der Waals surface area contributed by atoms with Gasteiger partial charge in [0.05, 0.1) is 6.10 Å². The molecule has 0 saturated heterocycles. The summed E-state index contributed by atoms with van der Waals surface area (Å²) in [7, 11) is 0. The van der Waals surface area contributed by atoms with Gasteiger partial charge < -0.3 is 25.2 Å². The van der Waals surface area contributed by atoms with E-state index in [9.17, 15) is 15.0 Å². The molecule has 0 radical (unpaired) electrons. The van der Waals surface area contributed by atoms with Crippen molar-refractivity contribution in [3.8, 4) is 28.7 Å². The highest BCUT2D eigenvalue weighted by molar-refractivity contribution is 5.78. The molecule has 1 amide bonds. The molecule has 1 unspecified atom stereocenters. The Morgan fingerprint density at radius 2 is 1.81 bits per heavy atom. The van der Waals surface area contributed by atoms with Crippen molar-refractivity contribution in [2.75, 3.05) is 6.61 Å². The standard InChI is InChI=1S/C27H36N4O5/c1-6-17(7-2)21-9-15(4)10-22(29-21)27-30-26(31-36-27)19-11-16(5)24(18(8-3)12-19)35-14-20(32)13-23(33)25(28)34/h9-12,17,20,23,32-33H,6-8,13-14H2,1-5H3,(H2,28,34)/t20-,23?/m0/s1. The molecule has 2 atom stereocenters. The number of ether oxygens (including phenoxy) is 1. The molecule has 2 aromatic heterocycles. The Morgan fingerprint density at radius 3 is 2.44 bits per heavy atom. The summed E-state index contributed by atoms with van der Waals surface area (Å²) in [5, 5.41) is 23.9. The summed E-state index contributed by atoms with van der Waals surface area (Å²) in [6.45, 7) is 10.2. The van der Waals surface area contributed by atoms with E-state index in [2.05, 4.69) is 30.1 Å². The molecule has 0 spiro atoms. The maximum Gasteiger partial charge on any atom is 0.276 e. The van der Waals surface area contributed by atoms with E-state index < -0.39 is 18.1 Å². The fraction of sp³-hybridized carbons (Fsp3) is 0.481. The van der Waals surface area contributed by atoms with E-state index in [4.69, 9.17) is 20.0 Å². The van der Waals surface area contributed by atoms with Crippen molar-refractivity contribution in [3.05, 3.63) is 46.6 Å². The number of hydrogen-bond donors (Lipinski definition) is 3. The lowest BCUT2D eigenvalue weighted by Crippen LogP contribution is -2.33. The zero-order chi connectivity index (χ0) is 26.4. The Hall–Kier alpha value is -3.30. The van der Waals surface area contributed by atoms with Crippen molar-refractivity contribution in [2.24, 2.45) is 5.73 Å². The first-order chi connectivity index (χ1) is 17.2. The molecule has 1 aromatic carbocycles. The fourth-order valence-corrected chi connectivity index (χ4v) is 4.23. The third-order valence-corrected chi connectivity index (χ3v) is 6.27. The molecule has 3 aromatic rings. The van der Waals surface area contributed by atoms with Crippen LogP contribution in [0.1, 0.15) is 68.3 Å². The highest BCUT2D eigenvalue weighted by Gasteiger charge is 2.20. The van der Waals surface area contributed by atoms with Crippen LogP contribution in [0.4, 0.5) is 0 Å². The maximum absolute atomic E-state index is 11.0. The summed E-state index contributed by atoms with van der Waals surface area (Å²) in [5.41, 5.74) is 10.4. The van der Waals surface area contributed by atoms with Crippen molar-refractivity contribution in [3.63, 3.8) is 0 Å². The van der Waals surface area contributed by atoms with Gasteiger partial charge in [-0.05, 0) is 74.1 Å². The van der Waals surface area contributed by atoms with Gasteiger partial charge in [0.2, 0.25) is 11.7 Å². The molecule has 36 heavy (non-hydrogen) atoms. The van der Waals surface area contributed by atoms with E-state index in [-0.39, 0.29) is 13.0 Å². The first-order valence-corrected chi connectivity index (χ1v) is 12.4. The van der Waals surface area contributed by atoms with Gasteiger partial charge in [0.1, 0.15) is 24.2 Å². The number of carbonyl (C=O) groups excluding carboxylic acids is 1. The summed E-state index contributed by atoms with van der Waals surface area (Å²) in [4.78, 5) is 20.4. The zero-order valence-electron chi connectivity index (χ0n) is 21.6. The number of carbonyl (C=O) groups is 1. The molecule has 0 saturated carbocycles. The normalized spacial score (nSPS) is 13.1. The minimum Gasteiger partial charge on any atom is -0.490 e. The van der Waals surface area contributed by atoms with E-state index in [1.807, 2.05) is 39.0 Å². The van der Waals surface area contributed by atoms with Crippen molar-refractivity contribution in [2.45, 2.75) is 78.4 Å². The number of amides is 1. The Labute approximate surface area is 211 Å². The smallest absolute Gasteiger partial charge is 0.276 e. The molecule has 4 N–H and O–H groups in total. The summed E-state index contributed by atoms with van der Waals surface area (Å²) in [6, 6.07) is 7.89. The van der Waals surface area contributed by atoms with Crippen LogP contribution in [-0.2, 0) is 11.2 Å². The van der Waals surface area contributed by atoms with Crippen molar-refractivity contribution >= 4 is 5.91 Å². The van der Waals surface area contributed by atoms with Crippen LogP contribution in [0.3, 0.4) is 0 Å². The van der Waals surface area contributed by atoms with Crippen LogP contribution in [0.2, 0.25) is 0 Å². The minimum atomic E-state index is -1.42. The van der Waals surface area contributed by atoms with Crippen LogP contribution in [0.25, 0.3) is 23.0 Å². The molecular weight excluding hydrogens is 460 g/mol. The first kappa shape index (κ1) is 27.3. The van der Waals surface area contributed by atoms with Crippen molar-refractivity contribution in [1.82, 2.24) is 15.1 Å². The summed E-state index contributed by atoms with van der Waals surface area (Å²) >= 11 is 0. The minimum absolute atomic E-state index is 0.0816. The van der Waals surface area contributed by atoms with Gasteiger partial charge in [-0.15, -0.1) is 0 Å². The van der Waals surface area contributed by atoms with Crippen LogP contribution in [0, 0.1) is 13.8 Å². The molecule has 0 fully saturated rings. The highest BCUT2D eigenvalue weighted by atomic mass is 16.5. The number of nitrogens with two attached hydrogens (primary N) is 1. The lowest BCUT2D eigenvalue weighted by atomic mass is 9.97. The number of aryl methyl sites for hydroxylation is 3. The average molecular weight is 497 g/mol. The first-order valence-electron chi connectivity index (χ1n) is 12.4. The number of nitrogens with zero attached hydrogens (tertiary/aromatic N) is 3. The van der Waals surface area contributed by atoms with E-state index in [0.717, 1.165) is 40.8 Å². The lowest BCUT2D eigenvalue weighted by Gasteiger charge is -2.18. The van der Waals surface area contributed by atoms with Crippen molar-refractivity contribution in [1.29, 1.82) is 0 Å². The number of benzene rings is 1. The van der Waals surface area contributed by atoms with Gasteiger partial charge in [0, 0.05) is 23.6 Å². The second kappa shape index (κ2) is 12.1. The summed E-state index contributed by atoms with van der Waals surface area (Å²) < 4.78 is 11.4. The van der Waals surface area contributed by atoms with Crippen LogP contribution in [-0.4, -0.2) is 50.1 Å². The maximum atomic E-state index is 11.0. The topological polar surface area (TPSA) is 145 Å². The average Bonchev–Trinajstić information content (AvgIpc) is 3.33. The summed E-state index contributed by atoms with van der Waals surface area (Å²) in [6.07, 6.45) is 0.0511. The SMILES string of the molecule is CCc1cc(-c2noc(-c3cc(C)cc(C(CC)CC)n3)n2)cc(C)c1OC[C@@H](O)CC(O)C(N)=O. The zero-order valence-corrected chi connectivity index (χ0v) is 21.6. The quantitative estimate of drug-likeness (QED) is 0.343. The van der Waals surface area contributed by atoms with E-state index in [1.54, 1.807) is 0 Å². The molecule has 0 aliphatic carbocycles. The van der Waals surface area contributed by atoms with Gasteiger partial charge in [-0.1, -0.05) is 25.9 Å². The monoisotopic (exact) mass is 496 g/mol. The fourth-order valence-electron chi connectivity index (χ4n) is 4.23. The van der Waals surface area contributed by atoms with Crippen LogP contribution >= 0.6 is 0 Å². The van der Waals surface area contributed by atoms with Gasteiger partial charge in [-0.25, -0.2) is 4.98 Å². The largest absolute Gasteiger partial charge is 0.490 e. The number of aliphatic hydroxyl groups is 2. The number of rotatable bonds is 12. The Bertz CT molecular complexity index is 1190. The number of aliphatic hydroxyl groups excluding tert-OH is 2. The second-order valence-corrected chi connectivity index (χ2v) is 9.14. The molecule has 0 aliphatic heterocycles. The van der Waals surface area contributed by atoms with Gasteiger partial charge in [0.15, 0.2) is 0 Å². The molecule has 9 heteroatoms. The number of pyridine rings is 1.